The first-order valence-corrected chi connectivity index (χ1v) is 8.13. The van der Waals surface area contributed by atoms with E-state index in [1.165, 1.54) is 0 Å². The molecule has 0 saturated heterocycles. The van der Waals surface area contributed by atoms with Crippen LogP contribution in [0.15, 0.2) is 28.8 Å². The van der Waals surface area contributed by atoms with Crippen molar-refractivity contribution in [3.05, 3.63) is 46.6 Å². The summed E-state index contributed by atoms with van der Waals surface area (Å²) in [6.45, 7) is 1.65. The molecule has 1 heterocycles. The molecule has 7 nitrogen and oxygen atoms in total. The first-order chi connectivity index (χ1) is 11.0. The maximum atomic E-state index is 12.0. The molecule has 9 heteroatoms. The quantitative estimate of drug-likeness (QED) is 0.783. The maximum absolute atomic E-state index is 12.0. The number of carboxylic acids is 1. The van der Waals surface area contributed by atoms with Crippen LogP contribution < -0.4 is 5.32 Å². The molecule has 1 amide bonds. The van der Waals surface area contributed by atoms with Gasteiger partial charge in [0.1, 0.15) is 6.04 Å². The minimum atomic E-state index is -0.967. The zero-order valence-electron chi connectivity index (χ0n) is 12.2. The molecule has 0 aliphatic carbocycles. The Bertz CT molecular complexity index is 690. The van der Waals surface area contributed by atoms with Crippen LogP contribution in [0.25, 0.3) is 0 Å². The summed E-state index contributed by atoms with van der Waals surface area (Å²) >= 11 is 6.89. The van der Waals surface area contributed by atoms with E-state index in [-0.39, 0.29) is 17.4 Å². The van der Waals surface area contributed by atoms with Gasteiger partial charge < -0.3 is 14.9 Å². The molecule has 0 aliphatic heterocycles. The van der Waals surface area contributed by atoms with Gasteiger partial charge in [-0.15, -0.1) is 11.8 Å². The highest BCUT2D eigenvalue weighted by atomic mass is 35.5. The van der Waals surface area contributed by atoms with Gasteiger partial charge in [-0.3, -0.25) is 9.59 Å². The summed E-state index contributed by atoms with van der Waals surface area (Å²) < 4.78 is 4.96. The SMILES string of the molecule is Cc1nc(C(NC(=O)CSCC(=O)O)c2ccc(Cl)cc2)no1. The van der Waals surface area contributed by atoms with Gasteiger partial charge in [0.05, 0.1) is 11.5 Å². The highest BCUT2D eigenvalue weighted by Gasteiger charge is 2.22. The smallest absolute Gasteiger partial charge is 0.313 e. The average molecular weight is 356 g/mol. The summed E-state index contributed by atoms with van der Waals surface area (Å²) in [5.74, 6) is -0.701. The summed E-state index contributed by atoms with van der Waals surface area (Å²) in [5, 5.41) is 15.8. The number of carbonyl (C=O) groups excluding carboxylic acids is 1. The van der Waals surface area contributed by atoms with E-state index in [2.05, 4.69) is 15.5 Å². The number of amides is 1. The standard InChI is InChI=1S/C14H14ClN3O4S/c1-8-16-14(18-22-8)13(9-2-4-10(15)5-3-9)17-11(19)6-23-7-12(20)21/h2-5,13H,6-7H2,1H3,(H,17,19)(H,20,21). The van der Waals surface area contributed by atoms with Crippen molar-refractivity contribution in [3.63, 3.8) is 0 Å². The van der Waals surface area contributed by atoms with Gasteiger partial charge >= 0.3 is 5.97 Å². The lowest BCUT2D eigenvalue weighted by Gasteiger charge is -2.15. The number of nitrogens with one attached hydrogen (secondary N) is 1. The van der Waals surface area contributed by atoms with Crippen LogP contribution in [-0.4, -0.2) is 38.6 Å². The van der Waals surface area contributed by atoms with Gasteiger partial charge in [0, 0.05) is 11.9 Å². The van der Waals surface area contributed by atoms with Gasteiger partial charge in [0.25, 0.3) is 0 Å². The van der Waals surface area contributed by atoms with Crippen LogP contribution in [0.3, 0.4) is 0 Å². The molecule has 0 spiro atoms. The van der Waals surface area contributed by atoms with Crippen LogP contribution in [0, 0.1) is 6.92 Å². The van der Waals surface area contributed by atoms with E-state index in [1.807, 2.05) is 0 Å². The summed E-state index contributed by atoms with van der Waals surface area (Å²) in [6.07, 6.45) is 0. The van der Waals surface area contributed by atoms with Crippen LogP contribution in [-0.2, 0) is 9.59 Å². The van der Waals surface area contributed by atoms with Gasteiger partial charge in [0.2, 0.25) is 11.8 Å². The predicted molar refractivity (Wildman–Crippen MR) is 85.4 cm³/mol. The summed E-state index contributed by atoms with van der Waals surface area (Å²) in [4.78, 5) is 26.6. The van der Waals surface area contributed by atoms with E-state index < -0.39 is 12.0 Å². The van der Waals surface area contributed by atoms with Gasteiger partial charge in [0.15, 0.2) is 5.82 Å². The second kappa shape index (κ2) is 7.98. The van der Waals surface area contributed by atoms with E-state index in [1.54, 1.807) is 31.2 Å². The molecule has 2 rings (SSSR count). The number of aliphatic carboxylic acids is 1. The van der Waals surface area contributed by atoms with Gasteiger partial charge in [-0.25, -0.2) is 0 Å². The Morgan fingerprint density at radius 1 is 1.35 bits per heavy atom. The van der Waals surface area contributed by atoms with Crippen molar-refractivity contribution in [1.29, 1.82) is 0 Å². The molecule has 2 N–H and O–H groups in total. The third-order valence-corrected chi connectivity index (χ3v) is 3.94. The highest BCUT2D eigenvalue weighted by molar-refractivity contribution is 8.00. The minimum absolute atomic E-state index is 0.0211. The number of aromatic nitrogens is 2. The monoisotopic (exact) mass is 355 g/mol. The first kappa shape index (κ1) is 17.3. The maximum Gasteiger partial charge on any atom is 0.313 e. The molecule has 0 saturated carbocycles. The topological polar surface area (TPSA) is 105 Å². The number of carboxylic acid groups (broad SMARTS) is 1. The Kier molecular flexibility index (Phi) is 6.00. The van der Waals surface area contributed by atoms with Crippen LogP contribution in [0.4, 0.5) is 0 Å². The Labute approximate surface area is 141 Å². The number of aryl methyl sites for hydroxylation is 1. The number of carbonyl (C=O) groups is 2. The molecular formula is C14H14ClN3O4S. The molecule has 0 aliphatic rings. The van der Waals surface area contributed by atoms with Crippen molar-refractivity contribution in [2.75, 3.05) is 11.5 Å². The lowest BCUT2D eigenvalue weighted by Crippen LogP contribution is -2.31. The Morgan fingerprint density at radius 2 is 2.04 bits per heavy atom. The minimum Gasteiger partial charge on any atom is -0.481 e. The van der Waals surface area contributed by atoms with Crippen molar-refractivity contribution >= 4 is 35.2 Å². The molecule has 0 radical (unpaired) electrons. The fourth-order valence-corrected chi connectivity index (χ4v) is 2.49. The third kappa shape index (κ3) is 5.26. The van der Waals surface area contributed by atoms with Gasteiger partial charge in [-0.2, -0.15) is 4.98 Å². The Hall–Kier alpha value is -2.06. The van der Waals surface area contributed by atoms with Gasteiger partial charge in [-0.1, -0.05) is 28.9 Å². The van der Waals surface area contributed by atoms with E-state index >= 15 is 0 Å². The molecule has 0 bridgehead atoms. The fourth-order valence-electron chi connectivity index (χ4n) is 1.82. The second-order valence-electron chi connectivity index (χ2n) is 4.61. The molecule has 1 atom stereocenters. The predicted octanol–water partition coefficient (Wildman–Crippen LogP) is 2.05. The highest BCUT2D eigenvalue weighted by Crippen LogP contribution is 2.22. The normalized spacial score (nSPS) is 11.9. The molecule has 1 aromatic heterocycles. The molecule has 0 fully saturated rings. The van der Waals surface area contributed by atoms with E-state index in [9.17, 15) is 9.59 Å². The van der Waals surface area contributed by atoms with Crippen LogP contribution in [0.5, 0.6) is 0 Å². The summed E-state index contributed by atoms with van der Waals surface area (Å²) in [6, 6.07) is 6.31. The van der Waals surface area contributed by atoms with Crippen molar-refractivity contribution < 1.29 is 19.2 Å². The fraction of sp³-hybridized carbons (Fsp3) is 0.286. The Balaban J connectivity index is 2.12. The lowest BCUT2D eigenvalue weighted by molar-refractivity contribution is -0.133. The van der Waals surface area contributed by atoms with Crippen molar-refractivity contribution in [1.82, 2.24) is 15.5 Å². The van der Waals surface area contributed by atoms with Crippen LogP contribution in [0.1, 0.15) is 23.3 Å². The number of rotatable bonds is 7. The number of hydrogen-bond donors (Lipinski definition) is 2. The lowest BCUT2D eigenvalue weighted by atomic mass is 10.1. The number of thioether (sulfide) groups is 1. The van der Waals surface area contributed by atoms with E-state index in [0.29, 0.717) is 16.7 Å². The second-order valence-corrected chi connectivity index (χ2v) is 6.03. The number of benzene rings is 1. The average Bonchev–Trinajstić information content (AvgIpc) is 2.92. The number of nitrogens with zero attached hydrogens (tertiary/aromatic N) is 2. The van der Waals surface area contributed by atoms with Crippen molar-refractivity contribution in [3.8, 4) is 0 Å². The summed E-state index contributed by atoms with van der Waals surface area (Å²) in [7, 11) is 0. The van der Waals surface area contributed by atoms with Crippen molar-refractivity contribution in [2.45, 2.75) is 13.0 Å². The van der Waals surface area contributed by atoms with Crippen molar-refractivity contribution in [2.24, 2.45) is 0 Å². The summed E-state index contributed by atoms with van der Waals surface area (Å²) in [5.41, 5.74) is 0.742. The zero-order valence-corrected chi connectivity index (χ0v) is 13.7. The first-order valence-electron chi connectivity index (χ1n) is 6.60. The zero-order chi connectivity index (χ0) is 16.8. The van der Waals surface area contributed by atoms with Gasteiger partial charge in [-0.05, 0) is 17.7 Å². The third-order valence-electron chi connectivity index (χ3n) is 2.77. The molecule has 2 aromatic rings. The molecule has 1 unspecified atom stereocenters. The molecule has 23 heavy (non-hydrogen) atoms. The molecule has 1 aromatic carbocycles. The van der Waals surface area contributed by atoms with Crippen LogP contribution >= 0.6 is 23.4 Å². The largest absolute Gasteiger partial charge is 0.481 e. The van der Waals surface area contributed by atoms with E-state index in [4.69, 9.17) is 21.2 Å². The van der Waals surface area contributed by atoms with E-state index in [0.717, 1.165) is 17.3 Å². The molecular weight excluding hydrogens is 342 g/mol. The molecule has 122 valence electrons. The number of halogens is 1. The van der Waals surface area contributed by atoms with Crippen LogP contribution in [0.2, 0.25) is 5.02 Å². The number of hydrogen-bond acceptors (Lipinski definition) is 6. The Morgan fingerprint density at radius 3 is 2.61 bits per heavy atom.